The van der Waals surface area contributed by atoms with Crippen molar-refractivity contribution in [1.29, 1.82) is 0 Å². The van der Waals surface area contributed by atoms with Gasteiger partial charge in [0.1, 0.15) is 0 Å². The van der Waals surface area contributed by atoms with Crippen molar-refractivity contribution in [2.24, 2.45) is 0 Å². The minimum atomic E-state index is -3.76. The third-order valence-corrected chi connectivity index (χ3v) is 4.88. The number of nitrogens with one attached hydrogen (secondary N) is 1. The molecule has 6 nitrogen and oxygen atoms in total. The molecule has 1 aliphatic carbocycles. The Morgan fingerprint density at radius 2 is 2.05 bits per heavy atom. The first kappa shape index (κ1) is 15.0. The fourth-order valence-corrected chi connectivity index (χ4v) is 3.68. The van der Waals surface area contributed by atoms with Gasteiger partial charge >= 0.3 is 5.97 Å². The van der Waals surface area contributed by atoms with Crippen molar-refractivity contribution in [2.75, 3.05) is 0 Å². The fourth-order valence-electron chi connectivity index (χ4n) is 2.35. The van der Waals surface area contributed by atoms with Crippen molar-refractivity contribution in [2.45, 2.75) is 42.7 Å². The van der Waals surface area contributed by atoms with Crippen molar-refractivity contribution >= 4 is 16.0 Å². The molecule has 1 aliphatic rings. The number of aromatic carboxylic acids is 1. The van der Waals surface area contributed by atoms with Gasteiger partial charge in [-0.2, -0.15) is 0 Å². The normalized spacial score (nSPS) is 23.4. The molecule has 0 aromatic heterocycles. The minimum Gasteiger partial charge on any atom is -0.478 e. The number of benzene rings is 1. The molecule has 2 atom stereocenters. The van der Waals surface area contributed by atoms with E-state index in [0.29, 0.717) is 19.3 Å². The lowest BCUT2D eigenvalue weighted by atomic mass is 9.94. The van der Waals surface area contributed by atoms with Gasteiger partial charge < -0.3 is 10.2 Å². The summed E-state index contributed by atoms with van der Waals surface area (Å²) in [5.74, 6) is -1.17. The molecule has 0 heterocycles. The highest BCUT2D eigenvalue weighted by Crippen LogP contribution is 2.21. The molecule has 2 rings (SSSR count). The third kappa shape index (κ3) is 3.56. The number of aliphatic hydroxyl groups is 1. The Labute approximate surface area is 117 Å². The largest absolute Gasteiger partial charge is 0.478 e. The predicted molar refractivity (Wildman–Crippen MR) is 72.0 cm³/mol. The maximum Gasteiger partial charge on any atom is 0.335 e. The van der Waals surface area contributed by atoms with Crippen molar-refractivity contribution in [3.05, 3.63) is 29.8 Å². The second-order valence-electron chi connectivity index (χ2n) is 4.97. The number of hydrogen-bond donors (Lipinski definition) is 3. The third-order valence-electron chi connectivity index (χ3n) is 3.36. The lowest BCUT2D eigenvalue weighted by molar-refractivity contribution is 0.0696. The van der Waals surface area contributed by atoms with Crippen LogP contribution in [0, 0.1) is 0 Å². The maximum atomic E-state index is 12.2. The number of rotatable bonds is 4. The molecule has 0 aliphatic heterocycles. The highest BCUT2D eigenvalue weighted by Gasteiger charge is 2.25. The molecule has 0 saturated heterocycles. The first-order valence-electron chi connectivity index (χ1n) is 6.42. The van der Waals surface area contributed by atoms with Crippen LogP contribution in [0.5, 0.6) is 0 Å². The van der Waals surface area contributed by atoms with Gasteiger partial charge in [-0.3, -0.25) is 0 Å². The highest BCUT2D eigenvalue weighted by atomic mass is 32.2. The van der Waals surface area contributed by atoms with Crippen molar-refractivity contribution in [1.82, 2.24) is 4.72 Å². The number of hydrogen-bond acceptors (Lipinski definition) is 4. The summed E-state index contributed by atoms with van der Waals surface area (Å²) in [6, 6.07) is 4.91. The van der Waals surface area contributed by atoms with Crippen LogP contribution in [0.3, 0.4) is 0 Å². The lowest BCUT2D eigenvalue weighted by Crippen LogP contribution is -2.39. The van der Waals surface area contributed by atoms with Crippen LogP contribution in [0.2, 0.25) is 0 Å². The smallest absolute Gasteiger partial charge is 0.335 e. The van der Waals surface area contributed by atoms with E-state index in [2.05, 4.69) is 4.72 Å². The quantitative estimate of drug-likeness (QED) is 0.768. The van der Waals surface area contributed by atoms with Crippen molar-refractivity contribution < 1.29 is 23.4 Å². The second-order valence-corrected chi connectivity index (χ2v) is 6.69. The number of sulfonamides is 1. The van der Waals surface area contributed by atoms with E-state index in [4.69, 9.17) is 5.11 Å². The van der Waals surface area contributed by atoms with Crippen LogP contribution in [0.15, 0.2) is 29.2 Å². The van der Waals surface area contributed by atoms with Gasteiger partial charge in [0.05, 0.1) is 16.6 Å². The maximum absolute atomic E-state index is 12.2. The van der Waals surface area contributed by atoms with E-state index in [1.54, 1.807) is 0 Å². The van der Waals surface area contributed by atoms with Crippen LogP contribution in [0.25, 0.3) is 0 Å². The SMILES string of the molecule is O=C(O)c1cccc(S(=O)(=O)N[C@H]2CCC[C@@H](O)C2)c1. The summed E-state index contributed by atoms with van der Waals surface area (Å²) in [5.41, 5.74) is -0.0726. The summed E-state index contributed by atoms with van der Waals surface area (Å²) in [7, 11) is -3.76. The second kappa shape index (κ2) is 5.90. The van der Waals surface area contributed by atoms with Gasteiger partial charge in [-0.15, -0.1) is 0 Å². The first-order valence-corrected chi connectivity index (χ1v) is 7.90. The summed E-state index contributed by atoms with van der Waals surface area (Å²) in [6.45, 7) is 0. The monoisotopic (exact) mass is 299 g/mol. The van der Waals surface area contributed by atoms with Gasteiger partial charge in [-0.25, -0.2) is 17.9 Å². The van der Waals surface area contributed by atoms with Gasteiger partial charge in [0, 0.05) is 6.04 Å². The Bertz CT molecular complexity index is 599. The Morgan fingerprint density at radius 1 is 1.30 bits per heavy atom. The van der Waals surface area contributed by atoms with Crippen LogP contribution >= 0.6 is 0 Å². The fraction of sp³-hybridized carbons (Fsp3) is 0.462. The average molecular weight is 299 g/mol. The van der Waals surface area contributed by atoms with Crippen LogP contribution in [0.1, 0.15) is 36.0 Å². The first-order chi connectivity index (χ1) is 9.38. The molecule has 1 aromatic rings. The summed E-state index contributed by atoms with van der Waals surface area (Å²) in [6.07, 6.45) is 2.03. The predicted octanol–water partition coefficient (Wildman–Crippen LogP) is 0.967. The molecular weight excluding hydrogens is 282 g/mol. The molecular formula is C13H17NO5S. The number of aliphatic hydroxyl groups excluding tert-OH is 1. The number of carboxylic acid groups (broad SMARTS) is 1. The standard InChI is InChI=1S/C13H17NO5S/c15-11-5-2-4-10(8-11)14-20(18,19)12-6-1-3-9(7-12)13(16)17/h1,3,6-7,10-11,14-15H,2,4-5,8H2,(H,16,17)/t10-,11+/m0/s1. The Morgan fingerprint density at radius 3 is 2.70 bits per heavy atom. The van der Waals surface area contributed by atoms with E-state index < -0.39 is 22.1 Å². The van der Waals surface area contributed by atoms with Gasteiger partial charge in [0.25, 0.3) is 0 Å². The Kier molecular flexibility index (Phi) is 4.42. The van der Waals surface area contributed by atoms with E-state index in [1.165, 1.54) is 18.2 Å². The molecule has 1 aromatic carbocycles. The molecule has 0 amide bonds. The Balaban J connectivity index is 2.17. The Hall–Kier alpha value is -1.44. The van der Waals surface area contributed by atoms with E-state index in [1.807, 2.05) is 0 Å². The number of carbonyl (C=O) groups is 1. The summed E-state index contributed by atoms with van der Waals surface area (Å²) in [4.78, 5) is 10.8. The summed E-state index contributed by atoms with van der Waals surface area (Å²) >= 11 is 0. The van der Waals surface area contributed by atoms with Crippen molar-refractivity contribution in [3.8, 4) is 0 Å². The van der Waals surface area contributed by atoms with Crippen molar-refractivity contribution in [3.63, 3.8) is 0 Å². The van der Waals surface area contributed by atoms with Gasteiger partial charge in [-0.05, 0) is 43.9 Å². The van der Waals surface area contributed by atoms with Crippen LogP contribution in [-0.4, -0.2) is 36.7 Å². The van der Waals surface area contributed by atoms with Gasteiger partial charge in [0.15, 0.2) is 0 Å². The summed E-state index contributed by atoms with van der Waals surface area (Å²) in [5, 5.41) is 18.4. The molecule has 0 spiro atoms. The molecule has 1 saturated carbocycles. The molecule has 7 heteroatoms. The summed E-state index contributed by atoms with van der Waals surface area (Å²) < 4.78 is 26.9. The van der Waals surface area contributed by atoms with Gasteiger partial charge in [0.2, 0.25) is 10.0 Å². The molecule has 110 valence electrons. The lowest BCUT2D eigenvalue weighted by Gasteiger charge is -2.26. The number of carboxylic acids is 1. The van der Waals surface area contributed by atoms with Crippen LogP contribution in [-0.2, 0) is 10.0 Å². The topological polar surface area (TPSA) is 104 Å². The van der Waals surface area contributed by atoms with Crippen LogP contribution in [0.4, 0.5) is 0 Å². The molecule has 20 heavy (non-hydrogen) atoms. The minimum absolute atomic E-state index is 0.0718. The molecule has 0 radical (unpaired) electrons. The van der Waals surface area contributed by atoms with Crippen LogP contribution < -0.4 is 4.72 Å². The zero-order valence-corrected chi connectivity index (χ0v) is 11.6. The van der Waals surface area contributed by atoms with E-state index in [-0.39, 0.29) is 16.5 Å². The zero-order chi connectivity index (χ0) is 14.8. The molecule has 1 fully saturated rings. The van der Waals surface area contributed by atoms with E-state index in [0.717, 1.165) is 12.5 Å². The van der Waals surface area contributed by atoms with E-state index in [9.17, 15) is 18.3 Å². The molecule has 0 bridgehead atoms. The average Bonchev–Trinajstić information content (AvgIpc) is 2.38. The highest BCUT2D eigenvalue weighted by molar-refractivity contribution is 7.89. The van der Waals surface area contributed by atoms with E-state index >= 15 is 0 Å². The van der Waals surface area contributed by atoms with Gasteiger partial charge in [-0.1, -0.05) is 6.07 Å². The molecule has 3 N–H and O–H groups in total. The molecule has 0 unspecified atom stereocenters. The zero-order valence-electron chi connectivity index (χ0n) is 10.8.